The van der Waals surface area contributed by atoms with E-state index in [1.54, 1.807) is 7.11 Å². The minimum absolute atomic E-state index is 0.740. The van der Waals surface area contributed by atoms with Crippen molar-refractivity contribution < 1.29 is 4.74 Å². The van der Waals surface area contributed by atoms with E-state index >= 15 is 0 Å². The van der Waals surface area contributed by atoms with Crippen molar-refractivity contribution in [3.05, 3.63) is 99.3 Å². The second kappa shape index (κ2) is 10.1. The van der Waals surface area contributed by atoms with Crippen LogP contribution in [0.15, 0.2) is 79.0 Å². The van der Waals surface area contributed by atoms with E-state index in [0.29, 0.717) is 0 Å². The molecule has 0 saturated carbocycles. The number of aromatic nitrogens is 2. The van der Waals surface area contributed by atoms with Gasteiger partial charge in [-0.15, -0.1) is 0 Å². The van der Waals surface area contributed by atoms with Gasteiger partial charge >= 0.3 is 0 Å². The van der Waals surface area contributed by atoms with Gasteiger partial charge in [-0.3, -0.25) is 0 Å². The number of methoxy groups -OCH3 is 1. The Labute approximate surface area is 197 Å². The first-order valence-electron chi connectivity index (χ1n) is 10.4. The van der Waals surface area contributed by atoms with Gasteiger partial charge in [0.25, 0.3) is 0 Å². The van der Waals surface area contributed by atoms with Crippen LogP contribution in [-0.4, -0.2) is 16.9 Å². The van der Waals surface area contributed by atoms with Crippen LogP contribution in [0, 0.1) is 3.57 Å². The lowest BCUT2D eigenvalue weighted by Crippen LogP contribution is -2.14. The lowest BCUT2D eigenvalue weighted by molar-refractivity contribution is 0.414. The van der Waals surface area contributed by atoms with Gasteiger partial charge in [-0.2, -0.15) is 5.10 Å². The van der Waals surface area contributed by atoms with E-state index in [0.717, 1.165) is 42.2 Å². The zero-order chi connectivity index (χ0) is 21.6. The van der Waals surface area contributed by atoms with E-state index in [2.05, 4.69) is 102 Å². The highest BCUT2D eigenvalue weighted by Gasteiger charge is 2.12. The molecule has 4 nitrogen and oxygen atoms in total. The number of nitrogens with one attached hydrogen (secondary N) is 1. The number of hydrogen-bond acceptors (Lipinski definition) is 3. The number of ether oxygens (including phenoxy) is 1. The Bertz CT molecular complexity index is 1140. The molecule has 4 rings (SSSR count). The Kier molecular flexibility index (Phi) is 7.04. The lowest BCUT2D eigenvalue weighted by Gasteiger charge is -2.11. The standard InChI is InChI=1S/C26H26IN3O/c1-3-19-15-25(31-2)14-9-21(19)16-28-17-22-18-30(24-12-10-23(27)11-13-24)29-26(22)20-7-5-4-6-8-20/h4-15,18,28H,3,16-17H2,1-2H3. The van der Waals surface area contributed by atoms with Crippen LogP contribution < -0.4 is 10.1 Å². The summed E-state index contributed by atoms with van der Waals surface area (Å²) in [6.45, 7) is 3.72. The second-order valence-corrected chi connectivity index (χ2v) is 8.63. The molecule has 1 aromatic heterocycles. The van der Waals surface area contributed by atoms with Gasteiger partial charge in [0.1, 0.15) is 5.75 Å². The molecule has 0 unspecified atom stereocenters. The van der Waals surface area contributed by atoms with Crippen LogP contribution in [0.25, 0.3) is 16.9 Å². The average Bonchev–Trinajstić information content (AvgIpc) is 3.24. The van der Waals surface area contributed by atoms with Gasteiger partial charge < -0.3 is 10.1 Å². The average molecular weight is 523 g/mol. The first-order chi connectivity index (χ1) is 15.2. The van der Waals surface area contributed by atoms with Crippen molar-refractivity contribution in [2.45, 2.75) is 26.4 Å². The quantitative estimate of drug-likeness (QED) is 0.288. The number of rotatable bonds is 8. The van der Waals surface area contributed by atoms with Crippen LogP contribution in [0.2, 0.25) is 0 Å². The van der Waals surface area contributed by atoms with Crippen LogP contribution in [0.3, 0.4) is 0 Å². The van der Waals surface area contributed by atoms with Gasteiger partial charge in [0.05, 0.1) is 18.5 Å². The maximum atomic E-state index is 5.37. The Morgan fingerprint density at radius 2 is 1.65 bits per heavy atom. The van der Waals surface area contributed by atoms with Crippen molar-refractivity contribution in [1.82, 2.24) is 15.1 Å². The fourth-order valence-electron chi connectivity index (χ4n) is 3.67. The summed E-state index contributed by atoms with van der Waals surface area (Å²) in [6.07, 6.45) is 3.11. The molecule has 0 spiro atoms. The van der Waals surface area contributed by atoms with E-state index in [9.17, 15) is 0 Å². The number of halogens is 1. The molecule has 31 heavy (non-hydrogen) atoms. The molecule has 4 aromatic rings. The van der Waals surface area contributed by atoms with Crippen molar-refractivity contribution in [1.29, 1.82) is 0 Å². The van der Waals surface area contributed by atoms with Crippen molar-refractivity contribution in [3.63, 3.8) is 0 Å². The third-order valence-corrected chi connectivity index (χ3v) is 6.07. The topological polar surface area (TPSA) is 39.1 Å². The summed E-state index contributed by atoms with van der Waals surface area (Å²) in [5.41, 5.74) is 6.99. The number of hydrogen-bond donors (Lipinski definition) is 1. The normalized spacial score (nSPS) is 10.9. The van der Waals surface area contributed by atoms with Gasteiger partial charge in [-0.1, -0.05) is 43.3 Å². The maximum absolute atomic E-state index is 5.37. The molecule has 1 N–H and O–H groups in total. The molecule has 0 aliphatic carbocycles. The monoisotopic (exact) mass is 523 g/mol. The van der Waals surface area contributed by atoms with E-state index < -0.39 is 0 Å². The molecule has 0 atom stereocenters. The summed E-state index contributed by atoms with van der Waals surface area (Å²) in [7, 11) is 1.71. The largest absolute Gasteiger partial charge is 0.497 e. The molecule has 0 fully saturated rings. The highest BCUT2D eigenvalue weighted by molar-refractivity contribution is 14.1. The number of aryl methyl sites for hydroxylation is 1. The number of benzene rings is 3. The van der Waals surface area contributed by atoms with E-state index in [-0.39, 0.29) is 0 Å². The predicted octanol–water partition coefficient (Wildman–Crippen LogP) is 6.00. The van der Waals surface area contributed by atoms with E-state index in [1.807, 2.05) is 16.8 Å². The third-order valence-electron chi connectivity index (χ3n) is 5.35. The molecule has 3 aromatic carbocycles. The molecule has 0 saturated heterocycles. The summed E-state index contributed by atoms with van der Waals surface area (Å²) in [4.78, 5) is 0. The summed E-state index contributed by atoms with van der Waals surface area (Å²) < 4.78 is 8.56. The molecule has 5 heteroatoms. The highest BCUT2D eigenvalue weighted by Crippen LogP contribution is 2.24. The Morgan fingerprint density at radius 1 is 0.903 bits per heavy atom. The Balaban J connectivity index is 1.58. The summed E-state index contributed by atoms with van der Waals surface area (Å²) in [5, 5.41) is 8.54. The van der Waals surface area contributed by atoms with Gasteiger partial charge in [0.15, 0.2) is 0 Å². The minimum atomic E-state index is 0.740. The molecule has 158 valence electrons. The van der Waals surface area contributed by atoms with Crippen LogP contribution in [0.5, 0.6) is 5.75 Å². The van der Waals surface area contributed by atoms with Crippen molar-refractivity contribution in [3.8, 4) is 22.7 Å². The molecule has 0 radical (unpaired) electrons. The Morgan fingerprint density at radius 3 is 2.35 bits per heavy atom. The maximum Gasteiger partial charge on any atom is 0.119 e. The zero-order valence-electron chi connectivity index (χ0n) is 17.8. The molecule has 0 aliphatic heterocycles. The number of nitrogens with zero attached hydrogens (tertiary/aromatic N) is 2. The van der Waals surface area contributed by atoms with Gasteiger partial charge in [-0.25, -0.2) is 4.68 Å². The van der Waals surface area contributed by atoms with Crippen LogP contribution in [0.1, 0.15) is 23.6 Å². The smallest absolute Gasteiger partial charge is 0.119 e. The van der Waals surface area contributed by atoms with Gasteiger partial charge in [0, 0.05) is 34.0 Å². The molecule has 0 amide bonds. The predicted molar refractivity (Wildman–Crippen MR) is 135 cm³/mol. The third kappa shape index (κ3) is 5.17. The molecule has 0 bridgehead atoms. The molecule has 1 heterocycles. The fourth-order valence-corrected chi connectivity index (χ4v) is 4.03. The molecule has 0 aliphatic rings. The minimum Gasteiger partial charge on any atom is -0.497 e. The van der Waals surface area contributed by atoms with E-state index in [1.165, 1.54) is 20.3 Å². The van der Waals surface area contributed by atoms with Crippen LogP contribution in [0.4, 0.5) is 0 Å². The lowest BCUT2D eigenvalue weighted by atomic mass is 10.0. The fraction of sp³-hybridized carbons (Fsp3) is 0.192. The van der Waals surface area contributed by atoms with E-state index in [4.69, 9.17) is 9.84 Å². The van der Waals surface area contributed by atoms with Crippen LogP contribution >= 0.6 is 22.6 Å². The molecular weight excluding hydrogens is 497 g/mol. The van der Waals surface area contributed by atoms with Gasteiger partial charge in [-0.05, 0) is 76.5 Å². The zero-order valence-corrected chi connectivity index (χ0v) is 20.0. The van der Waals surface area contributed by atoms with Crippen molar-refractivity contribution in [2.24, 2.45) is 0 Å². The molecular formula is C26H26IN3O. The second-order valence-electron chi connectivity index (χ2n) is 7.38. The summed E-state index contributed by atoms with van der Waals surface area (Å²) >= 11 is 2.32. The SMILES string of the molecule is CCc1cc(OC)ccc1CNCc1cn(-c2ccc(I)cc2)nc1-c1ccccc1. The Hall–Kier alpha value is -2.64. The van der Waals surface area contributed by atoms with Crippen LogP contribution in [-0.2, 0) is 19.5 Å². The van der Waals surface area contributed by atoms with Gasteiger partial charge in [0.2, 0.25) is 0 Å². The first-order valence-corrected chi connectivity index (χ1v) is 11.5. The summed E-state index contributed by atoms with van der Waals surface area (Å²) in [6, 6.07) is 25.1. The summed E-state index contributed by atoms with van der Waals surface area (Å²) in [5.74, 6) is 0.908. The van der Waals surface area contributed by atoms with Crippen molar-refractivity contribution >= 4 is 22.6 Å². The highest BCUT2D eigenvalue weighted by atomic mass is 127. The van der Waals surface area contributed by atoms with Crippen molar-refractivity contribution in [2.75, 3.05) is 7.11 Å². The first kappa shape index (κ1) is 21.6.